The average molecular weight is 361 g/mol. The van der Waals surface area contributed by atoms with Crippen LogP contribution in [0.2, 0.25) is 0 Å². The van der Waals surface area contributed by atoms with Crippen molar-refractivity contribution in [3.63, 3.8) is 0 Å². The predicted molar refractivity (Wildman–Crippen MR) is 95.6 cm³/mol. The van der Waals surface area contributed by atoms with Crippen molar-refractivity contribution in [2.24, 2.45) is 4.99 Å². The SMILES string of the molecule is CSC1=NC(=Cc2ccc3c(c2)OCO3)C(=O)N1CN1CCOCC1. The summed E-state index contributed by atoms with van der Waals surface area (Å²) in [5, 5.41) is 0.725. The minimum atomic E-state index is -0.0755. The molecule has 3 aliphatic heterocycles. The van der Waals surface area contributed by atoms with Gasteiger partial charge in [-0.15, -0.1) is 0 Å². The van der Waals surface area contributed by atoms with Crippen LogP contribution in [0.15, 0.2) is 28.9 Å². The van der Waals surface area contributed by atoms with E-state index in [0.29, 0.717) is 31.3 Å². The van der Waals surface area contributed by atoms with Crippen LogP contribution in [0.3, 0.4) is 0 Å². The van der Waals surface area contributed by atoms with Gasteiger partial charge in [-0.1, -0.05) is 17.8 Å². The molecule has 0 bridgehead atoms. The maximum atomic E-state index is 12.8. The Morgan fingerprint density at radius 3 is 2.84 bits per heavy atom. The molecule has 0 aromatic heterocycles. The fraction of sp³-hybridized carbons (Fsp3) is 0.412. The lowest BCUT2D eigenvalue weighted by molar-refractivity contribution is -0.124. The van der Waals surface area contributed by atoms with Gasteiger partial charge in [-0.3, -0.25) is 14.6 Å². The molecule has 0 aliphatic carbocycles. The van der Waals surface area contributed by atoms with E-state index in [-0.39, 0.29) is 12.7 Å². The summed E-state index contributed by atoms with van der Waals surface area (Å²) in [6.45, 7) is 3.83. The number of hydrogen-bond donors (Lipinski definition) is 0. The Balaban J connectivity index is 1.54. The van der Waals surface area contributed by atoms with E-state index < -0.39 is 0 Å². The number of thioether (sulfide) groups is 1. The van der Waals surface area contributed by atoms with Gasteiger partial charge in [0.15, 0.2) is 16.7 Å². The lowest BCUT2D eigenvalue weighted by Crippen LogP contribution is -2.46. The van der Waals surface area contributed by atoms with Gasteiger partial charge >= 0.3 is 0 Å². The second-order valence-electron chi connectivity index (χ2n) is 5.85. The van der Waals surface area contributed by atoms with Gasteiger partial charge in [-0.05, 0) is 30.0 Å². The standard InChI is InChI=1S/C17H19N3O4S/c1-25-17-18-13(8-12-2-3-14-15(9-12)24-11-23-14)16(21)20(17)10-19-4-6-22-7-5-19/h2-3,8-9H,4-7,10-11H2,1H3. The molecule has 0 saturated carbocycles. The van der Waals surface area contributed by atoms with Crippen LogP contribution in [-0.4, -0.2) is 66.9 Å². The van der Waals surface area contributed by atoms with Gasteiger partial charge in [0.05, 0.1) is 19.9 Å². The highest BCUT2D eigenvalue weighted by atomic mass is 32.2. The molecule has 1 aromatic carbocycles. The molecule has 0 radical (unpaired) electrons. The molecule has 3 aliphatic rings. The molecular formula is C17H19N3O4S. The normalized spacial score (nSPS) is 22.0. The highest BCUT2D eigenvalue weighted by molar-refractivity contribution is 8.13. The van der Waals surface area contributed by atoms with Crippen molar-refractivity contribution in [2.75, 3.05) is 46.0 Å². The van der Waals surface area contributed by atoms with Crippen molar-refractivity contribution in [1.29, 1.82) is 0 Å². The summed E-state index contributed by atoms with van der Waals surface area (Å²) >= 11 is 1.48. The number of benzene rings is 1. The summed E-state index contributed by atoms with van der Waals surface area (Å²) in [5.41, 5.74) is 1.31. The van der Waals surface area contributed by atoms with Crippen molar-refractivity contribution >= 4 is 28.9 Å². The smallest absolute Gasteiger partial charge is 0.279 e. The van der Waals surface area contributed by atoms with Crippen molar-refractivity contribution in [3.8, 4) is 11.5 Å². The zero-order chi connectivity index (χ0) is 17.2. The molecule has 0 unspecified atom stereocenters. The van der Waals surface area contributed by atoms with Crippen LogP contribution in [0.1, 0.15) is 5.56 Å². The third-order valence-electron chi connectivity index (χ3n) is 4.24. The van der Waals surface area contributed by atoms with Crippen LogP contribution in [0, 0.1) is 0 Å². The minimum absolute atomic E-state index is 0.0755. The number of aliphatic imine (C=N–C) groups is 1. The zero-order valence-corrected chi connectivity index (χ0v) is 14.8. The summed E-state index contributed by atoms with van der Waals surface area (Å²) in [4.78, 5) is 21.2. The fourth-order valence-electron chi connectivity index (χ4n) is 2.91. The average Bonchev–Trinajstić information content (AvgIpc) is 3.22. The van der Waals surface area contributed by atoms with Crippen LogP contribution in [-0.2, 0) is 9.53 Å². The Morgan fingerprint density at radius 1 is 1.24 bits per heavy atom. The van der Waals surface area contributed by atoms with Gasteiger partial charge in [0, 0.05) is 13.1 Å². The summed E-state index contributed by atoms with van der Waals surface area (Å²) in [6, 6.07) is 5.60. The second-order valence-corrected chi connectivity index (χ2v) is 6.62. The van der Waals surface area contributed by atoms with E-state index in [2.05, 4.69) is 9.89 Å². The van der Waals surface area contributed by atoms with E-state index in [9.17, 15) is 4.79 Å². The monoisotopic (exact) mass is 361 g/mol. The number of fused-ring (bicyclic) bond motifs is 1. The second kappa shape index (κ2) is 7.07. The fourth-order valence-corrected chi connectivity index (χ4v) is 3.46. The highest BCUT2D eigenvalue weighted by Crippen LogP contribution is 2.33. The first-order valence-corrected chi connectivity index (χ1v) is 9.33. The Hall–Kier alpha value is -2.03. The maximum absolute atomic E-state index is 12.8. The topological polar surface area (TPSA) is 63.6 Å². The lowest BCUT2D eigenvalue weighted by atomic mass is 10.1. The van der Waals surface area contributed by atoms with Gasteiger partial charge in [-0.2, -0.15) is 0 Å². The van der Waals surface area contributed by atoms with Crippen molar-refractivity contribution in [1.82, 2.24) is 9.80 Å². The molecule has 132 valence electrons. The van der Waals surface area contributed by atoms with E-state index in [1.54, 1.807) is 11.0 Å². The molecule has 25 heavy (non-hydrogen) atoms. The van der Waals surface area contributed by atoms with Gasteiger partial charge in [0.25, 0.3) is 5.91 Å². The van der Waals surface area contributed by atoms with Crippen LogP contribution in [0.5, 0.6) is 11.5 Å². The number of carbonyl (C=O) groups excluding carboxylic acids is 1. The van der Waals surface area contributed by atoms with E-state index in [4.69, 9.17) is 14.2 Å². The van der Waals surface area contributed by atoms with Crippen LogP contribution < -0.4 is 9.47 Å². The number of amides is 1. The van der Waals surface area contributed by atoms with E-state index in [1.165, 1.54) is 11.8 Å². The Bertz CT molecular complexity index is 743. The minimum Gasteiger partial charge on any atom is -0.454 e. The molecule has 0 N–H and O–H groups in total. The lowest BCUT2D eigenvalue weighted by Gasteiger charge is -2.30. The summed E-state index contributed by atoms with van der Waals surface area (Å²) in [6.07, 6.45) is 3.72. The maximum Gasteiger partial charge on any atom is 0.279 e. The predicted octanol–water partition coefficient (Wildman–Crippen LogP) is 1.61. The first-order valence-electron chi connectivity index (χ1n) is 8.10. The number of ether oxygens (including phenoxy) is 3. The van der Waals surface area contributed by atoms with Crippen LogP contribution >= 0.6 is 11.8 Å². The number of morpholine rings is 1. The molecule has 1 amide bonds. The van der Waals surface area contributed by atoms with Gasteiger partial charge in [-0.25, -0.2) is 4.99 Å². The first-order chi connectivity index (χ1) is 12.2. The van der Waals surface area contributed by atoms with Crippen LogP contribution in [0.25, 0.3) is 6.08 Å². The molecule has 7 nitrogen and oxygen atoms in total. The summed E-state index contributed by atoms with van der Waals surface area (Å²) in [5.74, 6) is 1.34. The number of carbonyl (C=O) groups is 1. The van der Waals surface area contributed by atoms with E-state index >= 15 is 0 Å². The molecule has 0 atom stereocenters. The summed E-state index contributed by atoms with van der Waals surface area (Å²) < 4.78 is 16.1. The van der Waals surface area contributed by atoms with Crippen molar-refractivity contribution in [2.45, 2.75) is 0 Å². The van der Waals surface area contributed by atoms with E-state index in [1.807, 2.05) is 24.5 Å². The third-order valence-corrected chi connectivity index (χ3v) is 4.92. The number of rotatable bonds is 3. The molecule has 4 rings (SSSR count). The Kier molecular flexibility index (Phi) is 4.65. The molecule has 0 spiro atoms. The highest BCUT2D eigenvalue weighted by Gasteiger charge is 2.31. The molecule has 1 saturated heterocycles. The molecule has 1 fully saturated rings. The Morgan fingerprint density at radius 2 is 2.04 bits per heavy atom. The Labute approximate surface area is 150 Å². The molecular weight excluding hydrogens is 342 g/mol. The van der Waals surface area contributed by atoms with Crippen molar-refractivity contribution < 1.29 is 19.0 Å². The number of hydrogen-bond acceptors (Lipinski definition) is 7. The molecule has 3 heterocycles. The van der Waals surface area contributed by atoms with Gasteiger partial charge in [0.2, 0.25) is 6.79 Å². The van der Waals surface area contributed by atoms with E-state index in [0.717, 1.165) is 29.6 Å². The van der Waals surface area contributed by atoms with Gasteiger partial charge in [0.1, 0.15) is 5.70 Å². The number of nitrogens with zero attached hydrogens (tertiary/aromatic N) is 3. The van der Waals surface area contributed by atoms with Gasteiger partial charge < -0.3 is 14.2 Å². The number of amidine groups is 1. The third kappa shape index (κ3) is 3.37. The van der Waals surface area contributed by atoms with Crippen LogP contribution in [0.4, 0.5) is 0 Å². The quantitative estimate of drug-likeness (QED) is 0.762. The molecule has 8 heteroatoms. The van der Waals surface area contributed by atoms with Crippen molar-refractivity contribution in [3.05, 3.63) is 29.5 Å². The first kappa shape index (κ1) is 16.4. The zero-order valence-electron chi connectivity index (χ0n) is 13.9. The molecule has 1 aromatic rings. The largest absolute Gasteiger partial charge is 0.454 e. The summed E-state index contributed by atoms with van der Waals surface area (Å²) in [7, 11) is 0.